The summed E-state index contributed by atoms with van der Waals surface area (Å²) >= 11 is 6.68. The molecule has 11 heteroatoms. The van der Waals surface area contributed by atoms with Crippen molar-refractivity contribution in [3.63, 3.8) is 0 Å². The third-order valence-corrected chi connectivity index (χ3v) is 6.85. The highest BCUT2D eigenvalue weighted by molar-refractivity contribution is 6.37. The zero-order chi connectivity index (χ0) is 24.5. The molecule has 0 spiro atoms. The highest BCUT2D eigenvalue weighted by atomic mass is 35.5. The SMILES string of the molecule is CC[C@@]1(OC(C)=O)C(=O)OCc2c1cc1n(c2=O)Cc2c-1nc1ccc(C)c([N+](=O)[O-])c1c2Cl. The first kappa shape index (κ1) is 22.0. The minimum Gasteiger partial charge on any atom is -0.457 e. The molecule has 0 amide bonds. The van der Waals surface area contributed by atoms with Crippen LogP contribution in [0, 0.1) is 17.0 Å². The van der Waals surface area contributed by atoms with Crippen LogP contribution in [0.5, 0.6) is 0 Å². The predicted molar refractivity (Wildman–Crippen MR) is 120 cm³/mol. The monoisotopic (exact) mass is 483 g/mol. The quantitative estimate of drug-likeness (QED) is 0.246. The number of halogens is 1. The maximum absolute atomic E-state index is 13.5. The van der Waals surface area contributed by atoms with Crippen LogP contribution in [0.25, 0.3) is 22.3 Å². The summed E-state index contributed by atoms with van der Waals surface area (Å²) in [6, 6.07) is 4.83. The molecule has 2 aliphatic heterocycles. The van der Waals surface area contributed by atoms with Gasteiger partial charge in [-0.2, -0.15) is 0 Å². The number of carbonyl (C=O) groups excluding carboxylic acids is 2. The molecule has 34 heavy (non-hydrogen) atoms. The van der Waals surface area contributed by atoms with Crippen molar-refractivity contribution in [3.05, 3.63) is 65.9 Å². The Morgan fingerprint density at radius 2 is 2.09 bits per heavy atom. The largest absolute Gasteiger partial charge is 0.457 e. The Morgan fingerprint density at radius 1 is 1.35 bits per heavy atom. The van der Waals surface area contributed by atoms with Gasteiger partial charge in [0.2, 0.25) is 5.60 Å². The molecule has 5 rings (SSSR count). The first-order valence-corrected chi connectivity index (χ1v) is 10.9. The molecule has 10 nitrogen and oxygen atoms in total. The van der Waals surface area contributed by atoms with Gasteiger partial charge in [-0.3, -0.25) is 19.7 Å². The Labute approximate surface area is 197 Å². The van der Waals surface area contributed by atoms with Crippen molar-refractivity contribution in [2.75, 3.05) is 0 Å². The molecule has 2 aromatic heterocycles. The van der Waals surface area contributed by atoms with Gasteiger partial charge in [0.15, 0.2) is 0 Å². The smallest absolute Gasteiger partial charge is 0.355 e. The van der Waals surface area contributed by atoms with E-state index in [0.29, 0.717) is 28.0 Å². The number of nitro groups is 1. The molecule has 0 saturated carbocycles. The molecule has 2 aliphatic rings. The summed E-state index contributed by atoms with van der Waals surface area (Å²) in [4.78, 5) is 53.9. The number of benzene rings is 1. The number of aromatic nitrogens is 2. The highest BCUT2D eigenvalue weighted by Gasteiger charge is 2.50. The summed E-state index contributed by atoms with van der Waals surface area (Å²) in [5, 5.41) is 12.1. The fraction of sp³-hybridized carbons (Fsp3) is 0.304. The number of nitro benzene ring substituents is 1. The van der Waals surface area contributed by atoms with Crippen molar-refractivity contribution in [2.45, 2.75) is 45.9 Å². The number of ether oxygens (including phenoxy) is 2. The van der Waals surface area contributed by atoms with Gasteiger partial charge in [0.1, 0.15) is 6.61 Å². The first-order valence-electron chi connectivity index (χ1n) is 10.5. The maximum Gasteiger partial charge on any atom is 0.355 e. The molecule has 0 unspecified atom stereocenters. The van der Waals surface area contributed by atoms with Crippen LogP contribution in [0.3, 0.4) is 0 Å². The van der Waals surface area contributed by atoms with Crippen molar-refractivity contribution >= 4 is 40.1 Å². The molecular weight excluding hydrogens is 466 g/mol. The van der Waals surface area contributed by atoms with E-state index in [1.54, 1.807) is 32.0 Å². The molecular formula is C23H18ClN3O7. The van der Waals surface area contributed by atoms with E-state index in [-0.39, 0.29) is 46.8 Å². The van der Waals surface area contributed by atoms with Crippen molar-refractivity contribution < 1.29 is 24.0 Å². The van der Waals surface area contributed by atoms with Crippen molar-refractivity contribution in [1.29, 1.82) is 0 Å². The van der Waals surface area contributed by atoms with E-state index in [9.17, 15) is 24.5 Å². The van der Waals surface area contributed by atoms with Crippen LogP contribution in [0.4, 0.5) is 5.69 Å². The standard InChI is InChI=1S/C23H18ClN3O7/c1-4-23(34-11(3)28)14-7-16-19-12(8-26(16)21(29)13(14)9-33-22(23)30)18(24)17-15(25-19)6-5-10(2)20(17)27(31)32/h5-7H,4,8-9H2,1-3H3/t23-/m0/s1. The van der Waals surface area contributed by atoms with Gasteiger partial charge in [-0.25, -0.2) is 9.78 Å². The molecule has 0 N–H and O–H groups in total. The number of carbonyl (C=O) groups is 2. The van der Waals surface area contributed by atoms with E-state index in [2.05, 4.69) is 4.98 Å². The van der Waals surface area contributed by atoms with Crippen LogP contribution in [0.1, 0.15) is 42.5 Å². The molecule has 0 saturated heterocycles. The van der Waals surface area contributed by atoms with Crippen LogP contribution in [-0.4, -0.2) is 26.4 Å². The Bertz CT molecular complexity index is 1530. The lowest BCUT2D eigenvalue weighted by Crippen LogP contribution is -2.47. The Balaban J connectivity index is 1.83. The lowest BCUT2D eigenvalue weighted by Gasteiger charge is -2.35. The fourth-order valence-corrected chi connectivity index (χ4v) is 5.18. The molecule has 1 aromatic carbocycles. The molecule has 0 fully saturated rings. The van der Waals surface area contributed by atoms with Crippen LogP contribution in [-0.2, 0) is 37.8 Å². The summed E-state index contributed by atoms with van der Waals surface area (Å²) in [6.07, 6.45) is 0.0611. The predicted octanol–water partition coefficient (Wildman–Crippen LogP) is 3.52. The molecule has 3 aromatic rings. The molecule has 0 radical (unpaired) electrons. The van der Waals surface area contributed by atoms with Crippen molar-refractivity contribution in [1.82, 2.24) is 9.55 Å². The first-order chi connectivity index (χ1) is 16.1. The second-order valence-electron chi connectivity index (χ2n) is 8.30. The Hall–Kier alpha value is -3.79. The summed E-state index contributed by atoms with van der Waals surface area (Å²) in [7, 11) is 0. The Morgan fingerprint density at radius 3 is 2.74 bits per heavy atom. The van der Waals surface area contributed by atoms with Gasteiger partial charge in [0.25, 0.3) is 11.2 Å². The van der Waals surface area contributed by atoms with E-state index >= 15 is 0 Å². The van der Waals surface area contributed by atoms with E-state index in [4.69, 9.17) is 21.1 Å². The second-order valence-corrected chi connectivity index (χ2v) is 8.68. The summed E-state index contributed by atoms with van der Waals surface area (Å²) in [5.74, 6) is -1.45. The van der Waals surface area contributed by atoms with E-state index < -0.39 is 28.0 Å². The van der Waals surface area contributed by atoms with Gasteiger partial charge in [0, 0.05) is 23.6 Å². The van der Waals surface area contributed by atoms with E-state index in [1.807, 2.05) is 0 Å². The fourth-order valence-electron chi connectivity index (χ4n) is 4.84. The number of hydrogen-bond donors (Lipinski definition) is 0. The third-order valence-electron chi connectivity index (χ3n) is 6.43. The second kappa shape index (κ2) is 7.36. The normalized spacial score (nSPS) is 18.2. The van der Waals surface area contributed by atoms with Crippen molar-refractivity contribution in [3.8, 4) is 11.4 Å². The summed E-state index contributed by atoms with van der Waals surface area (Å²) in [6.45, 7) is 4.23. The molecule has 0 bridgehead atoms. The van der Waals surface area contributed by atoms with Crippen molar-refractivity contribution in [2.24, 2.45) is 0 Å². The van der Waals surface area contributed by atoms with E-state index in [0.717, 1.165) is 0 Å². The van der Waals surface area contributed by atoms with Gasteiger partial charge < -0.3 is 14.0 Å². The van der Waals surface area contributed by atoms with Crippen LogP contribution in [0.2, 0.25) is 5.02 Å². The topological polar surface area (TPSA) is 131 Å². The van der Waals surface area contributed by atoms with Gasteiger partial charge in [-0.1, -0.05) is 24.6 Å². The molecule has 4 heterocycles. The Kier molecular flexibility index (Phi) is 4.77. The third kappa shape index (κ3) is 2.81. The van der Waals surface area contributed by atoms with E-state index in [1.165, 1.54) is 11.5 Å². The van der Waals surface area contributed by atoms with Crippen LogP contribution >= 0.6 is 11.6 Å². The molecule has 0 aliphatic carbocycles. The zero-order valence-electron chi connectivity index (χ0n) is 18.4. The number of hydrogen-bond acceptors (Lipinski definition) is 8. The number of rotatable bonds is 3. The molecule has 1 atom stereocenters. The van der Waals surface area contributed by atoms with Crippen LogP contribution in [0.15, 0.2) is 23.0 Å². The number of fused-ring (bicyclic) bond motifs is 5. The minimum atomic E-state index is -1.76. The van der Waals surface area contributed by atoms with Gasteiger partial charge in [-0.05, 0) is 25.5 Å². The number of nitrogens with zero attached hydrogens (tertiary/aromatic N) is 3. The summed E-state index contributed by atoms with van der Waals surface area (Å²) < 4.78 is 12.1. The number of aryl methyl sites for hydroxylation is 1. The van der Waals surface area contributed by atoms with Gasteiger partial charge in [-0.15, -0.1) is 0 Å². The van der Waals surface area contributed by atoms with Crippen LogP contribution < -0.4 is 5.56 Å². The number of esters is 2. The summed E-state index contributed by atoms with van der Waals surface area (Å²) in [5.41, 5.74) is 0.0769. The van der Waals surface area contributed by atoms with Gasteiger partial charge in [0.05, 0.1) is 44.3 Å². The number of pyridine rings is 2. The lowest BCUT2D eigenvalue weighted by molar-refractivity contribution is -0.383. The average Bonchev–Trinajstić information content (AvgIpc) is 3.15. The average molecular weight is 484 g/mol. The molecule has 174 valence electrons. The number of cyclic esters (lactones) is 1. The minimum absolute atomic E-state index is 0.0459. The maximum atomic E-state index is 13.5. The van der Waals surface area contributed by atoms with Gasteiger partial charge >= 0.3 is 11.9 Å². The highest BCUT2D eigenvalue weighted by Crippen LogP contribution is 2.44. The zero-order valence-corrected chi connectivity index (χ0v) is 19.2. The lowest BCUT2D eigenvalue weighted by atomic mass is 9.85.